The molecule has 1 amide bonds. The summed E-state index contributed by atoms with van der Waals surface area (Å²) in [6.45, 7) is 3.23. The fraction of sp³-hybridized carbons (Fsp3) is 0.300. The lowest BCUT2D eigenvalue weighted by atomic mass is 9.81. The Labute approximate surface area is 164 Å². The van der Waals surface area contributed by atoms with E-state index < -0.39 is 40.8 Å². The Morgan fingerprint density at radius 2 is 1.97 bits per heavy atom. The van der Waals surface area contributed by atoms with Crippen LogP contribution in [-0.4, -0.2) is 23.4 Å². The zero-order valence-corrected chi connectivity index (χ0v) is 15.6. The number of amides is 1. The maximum atomic E-state index is 14.5. The third-order valence-corrected chi connectivity index (χ3v) is 5.23. The van der Waals surface area contributed by atoms with Crippen molar-refractivity contribution in [1.82, 2.24) is 5.01 Å². The van der Waals surface area contributed by atoms with E-state index in [2.05, 4.69) is 10.4 Å². The molecule has 2 aromatic carbocycles. The number of anilines is 1. The predicted molar refractivity (Wildman–Crippen MR) is 96.8 cm³/mol. The van der Waals surface area contributed by atoms with E-state index in [9.17, 15) is 22.4 Å². The van der Waals surface area contributed by atoms with Gasteiger partial charge in [-0.05, 0) is 30.7 Å². The number of halogens is 4. The first-order chi connectivity index (χ1) is 13.8. The standard InChI is InChI=1S/C20H17F4N3O2/c1-3-11-9-25-18-15(7-13(22)8-17(18)24)20(11)27(10(2)28)26-19(29-20)14-6-12(21)4-5-16(14)23/h4-8,11,25H,3,9H2,1-2H3. The SMILES string of the molecule is CCC1CNc2c(F)cc(F)cc2C12OC(c1cc(F)ccc1F)=NN2C(C)=O. The van der Waals surface area contributed by atoms with Gasteiger partial charge in [-0.2, -0.15) is 5.01 Å². The molecule has 2 unspecified atom stereocenters. The van der Waals surface area contributed by atoms with E-state index in [0.29, 0.717) is 12.5 Å². The van der Waals surface area contributed by atoms with Crippen molar-refractivity contribution in [2.75, 3.05) is 11.9 Å². The summed E-state index contributed by atoms with van der Waals surface area (Å²) >= 11 is 0. The number of hydrogen-bond donors (Lipinski definition) is 1. The van der Waals surface area contributed by atoms with Gasteiger partial charge < -0.3 is 10.1 Å². The molecule has 2 heterocycles. The van der Waals surface area contributed by atoms with Crippen molar-refractivity contribution in [1.29, 1.82) is 0 Å². The molecular formula is C20H17F4N3O2. The van der Waals surface area contributed by atoms with Gasteiger partial charge in [0, 0.05) is 31.0 Å². The number of nitrogens with one attached hydrogen (secondary N) is 1. The molecule has 0 saturated heterocycles. The quantitative estimate of drug-likeness (QED) is 0.763. The molecule has 0 radical (unpaired) electrons. The van der Waals surface area contributed by atoms with E-state index in [1.807, 2.05) is 6.92 Å². The summed E-state index contributed by atoms with van der Waals surface area (Å²) in [4.78, 5) is 12.5. The second-order valence-corrected chi connectivity index (χ2v) is 6.95. The highest BCUT2D eigenvalue weighted by Crippen LogP contribution is 2.50. The maximum absolute atomic E-state index is 14.5. The minimum Gasteiger partial charge on any atom is -0.442 e. The van der Waals surface area contributed by atoms with Crippen LogP contribution in [0.4, 0.5) is 23.2 Å². The van der Waals surface area contributed by atoms with Gasteiger partial charge in [-0.25, -0.2) is 17.6 Å². The molecule has 2 aromatic rings. The van der Waals surface area contributed by atoms with Crippen molar-refractivity contribution in [2.45, 2.75) is 26.0 Å². The summed E-state index contributed by atoms with van der Waals surface area (Å²) in [5.74, 6) is -4.64. The fourth-order valence-corrected chi connectivity index (χ4v) is 3.92. The van der Waals surface area contributed by atoms with Gasteiger partial charge in [-0.15, -0.1) is 5.10 Å². The first-order valence-corrected chi connectivity index (χ1v) is 9.05. The molecule has 152 valence electrons. The number of rotatable bonds is 2. The molecule has 0 fully saturated rings. The molecule has 2 aliphatic heterocycles. The van der Waals surface area contributed by atoms with Crippen LogP contribution in [-0.2, 0) is 15.3 Å². The number of carbonyl (C=O) groups is 1. The molecule has 9 heteroatoms. The maximum Gasteiger partial charge on any atom is 0.244 e. The van der Waals surface area contributed by atoms with Gasteiger partial charge in [0.15, 0.2) is 0 Å². The second-order valence-electron chi connectivity index (χ2n) is 6.95. The van der Waals surface area contributed by atoms with Crippen LogP contribution in [0.5, 0.6) is 0 Å². The van der Waals surface area contributed by atoms with Crippen molar-refractivity contribution in [3.63, 3.8) is 0 Å². The van der Waals surface area contributed by atoms with Crippen LogP contribution < -0.4 is 5.32 Å². The van der Waals surface area contributed by atoms with Crippen molar-refractivity contribution < 1.29 is 27.1 Å². The van der Waals surface area contributed by atoms with Crippen LogP contribution in [0.15, 0.2) is 35.4 Å². The van der Waals surface area contributed by atoms with Crippen LogP contribution in [0.25, 0.3) is 0 Å². The van der Waals surface area contributed by atoms with Gasteiger partial charge in [0.1, 0.15) is 23.3 Å². The van der Waals surface area contributed by atoms with Crippen molar-refractivity contribution in [3.05, 3.63) is 64.7 Å². The molecule has 0 saturated carbocycles. The average Bonchev–Trinajstić information content (AvgIpc) is 3.06. The molecule has 29 heavy (non-hydrogen) atoms. The number of nitrogens with zero attached hydrogens (tertiary/aromatic N) is 2. The van der Waals surface area contributed by atoms with Gasteiger partial charge in [-0.3, -0.25) is 4.79 Å². The third kappa shape index (κ3) is 2.83. The number of ether oxygens (including phenoxy) is 1. The van der Waals surface area contributed by atoms with Gasteiger partial charge >= 0.3 is 0 Å². The van der Waals surface area contributed by atoms with Crippen LogP contribution in [0, 0.1) is 29.2 Å². The number of benzene rings is 2. The highest BCUT2D eigenvalue weighted by Gasteiger charge is 2.57. The molecule has 2 aliphatic rings. The van der Waals surface area contributed by atoms with Gasteiger partial charge in [-0.1, -0.05) is 6.92 Å². The summed E-state index contributed by atoms with van der Waals surface area (Å²) in [5.41, 5.74) is -1.99. The van der Waals surface area contributed by atoms with Gasteiger partial charge in [0.05, 0.1) is 11.3 Å². The van der Waals surface area contributed by atoms with Crippen LogP contribution >= 0.6 is 0 Å². The Morgan fingerprint density at radius 1 is 1.21 bits per heavy atom. The highest BCUT2D eigenvalue weighted by molar-refractivity contribution is 5.97. The molecule has 0 aromatic heterocycles. The lowest BCUT2D eigenvalue weighted by Gasteiger charge is -2.44. The molecular weight excluding hydrogens is 390 g/mol. The molecule has 5 nitrogen and oxygen atoms in total. The van der Waals surface area contributed by atoms with Gasteiger partial charge in [0.2, 0.25) is 17.5 Å². The minimum atomic E-state index is -1.70. The van der Waals surface area contributed by atoms with Crippen LogP contribution in [0.3, 0.4) is 0 Å². The van der Waals surface area contributed by atoms with Crippen LogP contribution in [0.1, 0.15) is 31.4 Å². The summed E-state index contributed by atoms with van der Waals surface area (Å²) in [5, 5.41) is 7.95. The van der Waals surface area contributed by atoms with E-state index >= 15 is 0 Å². The third-order valence-electron chi connectivity index (χ3n) is 5.23. The van der Waals surface area contributed by atoms with E-state index in [-0.39, 0.29) is 29.3 Å². The van der Waals surface area contributed by atoms with Crippen molar-refractivity contribution in [3.8, 4) is 0 Å². The van der Waals surface area contributed by atoms with E-state index in [0.717, 1.165) is 29.3 Å². The topological polar surface area (TPSA) is 53.9 Å². The second kappa shape index (κ2) is 6.75. The lowest BCUT2D eigenvalue weighted by Crippen LogP contribution is -2.54. The van der Waals surface area contributed by atoms with E-state index in [1.54, 1.807) is 0 Å². The first kappa shape index (κ1) is 19.2. The summed E-state index contributed by atoms with van der Waals surface area (Å²) in [7, 11) is 0. The Morgan fingerprint density at radius 3 is 2.66 bits per heavy atom. The molecule has 0 aliphatic carbocycles. The number of hydrazone groups is 1. The van der Waals surface area contributed by atoms with E-state index in [4.69, 9.17) is 4.74 Å². The lowest BCUT2D eigenvalue weighted by molar-refractivity contribution is -0.160. The normalized spacial score (nSPS) is 22.8. The monoisotopic (exact) mass is 407 g/mol. The Kier molecular flexibility index (Phi) is 4.48. The highest BCUT2D eigenvalue weighted by atomic mass is 19.1. The molecule has 4 rings (SSSR count). The molecule has 1 spiro atoms. The molecule has 0 bridgehead atoms. The average molecular weight is 407 g/mol. The fourth-order valence-electron chi connectivity index (χ4n) is 3.92. The summed E-state index contributed by atoms with van der Waals surface area (Å²) < 4.78 is 62.6. The first-order valence-electron chi connectivity index (χ1n) is 9.05. The Bertz CT molecular complexity index is 1040. The number of hydrogen-bond acceptors (Lipinski definition) is 4. The number of carbonyl (C=O) groups excluding carboxylic acids is 1. The summed E-state index contributed by atoms with van der Waals surface area (Å²) in [6, 6.07) is 4.51. The smallest absolute Gasteiger partial charge is 0.244 e. The largest absolute Gasteiger partial charge is 0.442 e. The Hall–Kier alpha value is -3.10. The molecule has 2 atom stereocenters. The minimum absolute atomic E-state index is 0.0267. The van der Waals surface area contributed by atoms with E-state index in [1.165, 1.54) is 6.92 Å². The zero-order chi connectivity index (χ0) is 20.9. The molecule has 1 N–H and O–H groups in total. The van der Waals surface area contributed by atoms with Crippen molar-refractivity contribution >= 4 is 17.5 Å². The van der Waals surface area contributed by atoms with Gasteiger partial charge in [0.25, 0.3) is 0 Å². The summed E-state index contributed by atoms with van der Waals surface area (Å²) in [6.07, 6.45) is 0.447. The van der Waals surface area contributed by atoms with Crippen molar-refractivity contribution in [2.24, 2.45) is 11.0 Å². The number of fused-ring (bicyclic) bond motifs is 2. The Balaban J connectivity index is 1.95. The predicted octanol–water partition coefficient (Wildman–Crippen LogP) is 4.09. The van der Waals surface area contributed by atoms with Crippen LogP contribution in [0.2, 0.25) is 0 Å². The zero-order valence-electron chi connectivity index (χ0n) is 15.6.